The van der Waals surface area contributed by atoms with Crippen molar-refractivity contribution in [3.8, 4) is 0 Å². The monoisotopic (exact) mass is 334 g/mol. The van der Waals surface area contributed by atoms with Gasteiger partial charge in [0.05, 0.1) is 21.6 Å². The molecule has 0 saturated carbocycles. The standard InChI is InChI=1S/C14H11ClN4O2S/c15-11-2-1-3-12-14(11)17-8-13(19-12)18-9-4-6-10(7-5-9)22(16,20)21/h1-8H,(H,18,19)(H2,16,20,21). The molecule has 0 fully saturated rings. The molecule has 112 valence electrons. The number of aromatic nitrogens is 2. The topological polar surface area (TPSA) is 98.0 Å². The van der Waals surface area contributed by atoms with Crippen molar-refractivity contribution in [2.24, 2.45) is 5.14 Å². The lowest BCUT2D eigenvalue weighted by molar-refractivity contribution is 0.598. The fraction of sp³-hybridized carbons (Fsp3) is 0. The van der Waals surface area contributed by atoms with E-state index < -0.39 is 10.0 Å². The predicted molar refractivity (Wildman–Crippen MR) is 85.6 cm³/mol. The molecule has 0 unspecified atom stereocenters. The van der Waals surface area contributed by atoms with Crippen LogP contribution in [0.15, 0.2) is 53.6 Å². The third-order valence-corrected chi connectivity index (χ3v) is 4.21. The molecule has 3 rings (SSSR count). The summed E-state index contributed by atoms with van der Waals surface area (Å²) in [4.78, 5) is 8.71. The van der Waals surface area contributed by atoms with E-state index in [1.54, 1.807) is 30.5 Å². The molecule has 0 amide bonds. The molecule has 2 aromatic carbocycles. The number of anilines is 2. The normalized spacial score (nSPS) is 11.5. The van der Waals surface area contributed by atoms with Crippen molar-refractivity contribution in [2.75, 3.05) is 5.32 Å². The van der Waals surface area contributed by atoms with Crippen molar-refractivity contribution in [1.29, 1.82) is 0 Å². The average Bonchev–Trinajstić information content (AvgIpc) is 2.47. The molecule has 0 aliphatic rings. The summed E-state index contributed by atoms with van der Waals surface area (Å²) < 4.78 is 22.4. The number of fused-ring (bicyclic) bond motifs is 1. The van der Waals surface area contributed by atoms with Crippen LogP contribution in [0, 0.1) is 0 Å². The summed E-state index contributed by atoms with van der Waals surface area (Å²) in [7, 11) is -3.70. The lowest BCUT2D eigenvalue weighted by Crippen LogP contribution is -2.11. The van der Waals surface area contributed by atoms with Gasteiger partial charge in [-0.1, -0.05) is 17.7 Å². The second kappa shape index (κ2) is 5.53. The van der Waals surface area contributed by atoms with Crippen LogP contribution in [0.4, 0.5) is 11.5 Å². The predicted octanol–water partition coefficient (Wildman–Crippen LogP) is 2.67. The number of rotatable bonds is 3. The van der Waals surface area contributed by atoms with Crippen LogP contribution >= 0.6 is 11.6 Å². The summed E-state index contributed by atoms with van der Waals surface area (Å²) in [6.45, 7) is 0. The van der Waals surface area contributed by atoms with Gasteiger partial charge in [0.25, 0.3) is 0 Å². The lowest BCUT2D eigenvalue weighted by atomic mass is 10.3. The number of benzene rings is 2. The van der Waals surface area contributed by atoms with Crippen molar-refractivity contribution in [2.45, 2.75) is 4.90 Å². The van der Waals surface area contributed by atoms with Crippen LogP contribution < -0.4 is 10.5 Å². The van der Waals surface area contributed by atoms with E-state index in [1.165, 1.54) is 12.1 Å². The van der Waals surface area contributed by atoms with Gasteiger partial charge in [-0.05, 0) is 36.4 Å². The van der Waals surface area contributed by atoms with Crippen LogP contribution in [0.3, 0.4) is 0 Å². The van der Waals surface area contributed by atoms with Gasteiger partial charge >= 0.3 is 0 Å². The number of hydrogen-bond acceptors (Lipinski definition) is 5. The molecule has 22 heavy (non-hydrogen) atoms. The summed E-state index contributed by atoms with van der Waals surface area (Å²) >= 11 is 6.04. The van der Waals surface area contributed by atoms with Gasteiger partial charge in [0.2, 0.25) is 10.0 Å². The minimum absolute atomic E-state index is 0.0504. The molecule has 0 spiro atoms. The first-order chi connectivity index (χ1) is 10.4. The molecule has 0 bridgehead atoms. The van der Waals surface area contributed by atoms with Gasteiger partial charge in [-0.3, -0.25) is 0 Å². The van der Waals surface area contributed by atoms with Crippen molar-refractivity contribution in [3.05, 3.63) is 53.7 Å². The number of hydrogen-bond donors (Lipinski definition) is 2. The zero-order chi connectivity index (χ0) is 15.7. The van der Waals surface area contributed by atoms with E-state index in [2.05, 4.69) is 15.3 Å². The molecule has 1 heterocycles. The van der Waals surface area contributed by atoms with Gasteiger partial charge in [0.15, 0.2) is 0 Å². The van der Waals surface area contributed by atoms with E-state index in [0.29, 0.717) is 27.6 Å². The summed E-state index contributed by atoms with van der Waals surface area (Å²) in [5.41, 5.74) is 1.96. The highest BCUT2D eigenvalue weighted by Gasteiger charge is 2.07. The molecular formula is C14H11ClN4O2S. The van der Waals surface area contributed by atoms with Crippen LogP contribution in [0.2, 0.25) is 5.02 Å². The summed E-state index contributed by atoms with van der Waals surface area (Å²) in [6, 6.07) is 11.4. The smallest absolute Gasteiger partial charge is 0.238 e. The SMILES string of the molecule is NS(=O)(=O)c1ccc(Nc2cnc3c(Cl)cccc3n2)cc1. The quantitative estimate of drug-likeness (QED) is 0.767. The minimum atomic E-state index is -3.70. The molecule has 6 nitrogen and oxygen atoms in total. The number of primary sulfonamides is 1. The average molecular weight is 335 g/mol. The van der Waals surface area contributed by atoms with Gasteiger partial charge in [0, 0.05) is 5.69 Å². The second-order valence-electron chi connectivity index (χ2n) is 4.56. The number of nitrogens with zero attached hydrogens (tertiary/aromatic N) is 2. The zero-order valence-corrected chi connectivity index (χ0v) is 12.8. The molecule has 3 aromatic rings. The summed E-state index contributed by atoms with van der Waals surface area (Å²) in [6.07, 6.45) is 1.56. The minimum Gasteiger partial charge on any atom is -0.339 e. The fourth-order valence-corrected chi connectivity index (χ4v) is 2.68. The van der Waals surface area contributed by atoms with E-state index in [9.17, 15) is 8.42 Å². The van der Waals surface area contributed by atoms with E-state index >= 15 is 0 Å². The van der Waals surface area contributed by atoms with Crippen molar-refractivity contribution >= 4 is 44.2 Å². The van der Waals surface area contributed by atoms with Crippen molar-refractivity contribution in [1.82, 2.24) is 9.97 Å². The second-order valence-corrected chi connectivity index (χ2v) is 6.53. The molecule has 0 atom stereocenters. The Bertz CT molecular complexity index is 943. The van der Waals surface area contributed by atoms with Crippen LogP contribution in [0.25, 0.3) is 11.0 Å². The zero-order valence-electron chi connectivity index (χ0n) is 11.2. The first kappa shape index (κ1) is 14.7. The maximum absolute atomic E-state index is 11.2. The van der Waals surface area contributed by atoms with Gasteiger partial charge in [-0.25, -0.2) is 23.5 Å². The van der Waals surface area contributed by atoms with Crippen molar-refractivity contribution in [3.63, 3.8) is 0 Å². The van der Waals surface area contributed by atoms with E-state index in [0.717, 1.165) is 0 Å². The highest BCUT2D eigenvalue weighted by molar-refractivity contribution is 7.89. The molecule has 0 saturated heterocycles. The molecule has 0 radical (unpaired) electrons. The molecule has 0 aliphatic heterocycles. The van der Waals surface area contributed by atoms with Gasteiger partial charge in [-0.15, -0.1) is 0 Å². The molecular weight excluding hydrogens is 324 g/mol. The fourth-order valence-electron chi connectivity index (χ4n) is 1.94. The van der Waals surface area contributed by atoms with Crippen LogP contribution in [0.5, 0.6) is 0 Å². The van der Waals surface area contributed by atoms with E-state index in [-0.39, 0.29) is 4.90 Å². The van der Waals surface area contributed by atoms with Gasteiger partial charge in [-0.2, -0.15) is 0 Å². The number of nitrogens with one attached hydrogen (secondary N) is 1. The van der Waals surface area contributed by atoms with Gasteiger partial charge < -0.3 is 5.32 Å². The molecule has 3 N–H and O–H groups in total. The summed E-state index contributed by atoms with van der Waals surface area (Å²) in [5, 5.41) is 8.63. The first-order valence-corrected chi connectivity index (χ1v) is 8.17. The maximum Gasteiger partial charge on any atom is 0.238 e. The highest BCUT2D eigenvalue weighted by atomic mass is 35.5. The Morgan fingerprint density at radius 3 is 2.50 bits per heavy atom. The maximum atomic E-state index is 11.2. The van der Waals surface area contributed by atoms with E-state index in [1.807, 2.05) is 6.07 Å². The Hall–Kier alpha value is -2.22. The molecule has 8 heteroatoms. The first-order valence-electron chi connectivity index (χ1n) is 6.25. The lowest BCUT2D eigenvalue weighted by Gasteiger charge is -2.07. The number of sulfonamides is 1. The van der Waals surface area contributed by atoms with Crippen LogP contribution in [-0.2, 0) is 10.0 Å². The highest BCUT2D eigenvalue weighted by Crippen LogP contribution is 2.22. The third kappa shape index (κ3) is 3.01. The largest absolute Gasteiger partial charge is 0.339 e. The number of nitrogens with two attached hydrogens (primary N) is 1. The summed E-state index contributed by atoms with van der Waals surface area (Å²) in [5.74, 6) is 0.526. The Morgan fingerprint density at radius 1 is 1.09 bits per heavy atom. The Labute approximate surface area is 132 Å². The van der Waals surface area contributed by atoms with Crippen molar-refractivity contribution < 1.29 is 8.42 Å². The third-order valence-electron chi connectivity index (χ3n) is 2.98. The molecule has 1 aromatic heterocycles. The molecule has 0 aliphatic carbocycles. The Kier molecular flexibility index (Phi) is 3.69. The Balaban J connectivity index is 1.90. The Morgan fingerprint density at radius 2 is 1.82 bits per heavy atom. The number of halogens is 1. The van der Waals surface area contributed by atoms with Crippen LogP contribution in [0.1, 0.15) is 0 Å². The van der Waals surface area contributed by atoms with Gasteiger partial charge in [0.1, 0.15) is 11.3 Å². The number of para-hydroxylation sites is 1. The van der Waals surface area contributed by atoms with Crippen LogP contribution in [-0.4, -0.2) is 18.4 Å². The van der Waals surface area contributed by atoms with E-state index in [4.69, 9.17) is 16.7 Å².